The van der Waals surface area contributed by atoms with Gasteiger partial charge in [-0.05, 0) is 55.7 Å². The minimum Gasteiger partial charge on any atom is -0.339 e. The van der Waals surface area contributed by atoms with E-state index in [4.69, 9.17) is 23.2 Å². The van der Waals surface area contributed by atoms with Crippen molar-refractivity contribution < 1.29 is 9.59 Å². The molecule has 1 aliphatic heterocycles. The number of amides is 2. The maximum atomic E-state index is 13.1. The molecular weight excluding hydrogens is 589 g/mol. The smallest absolute Gasteiger partial charge is 0.254 e. The van der Waals surface area contributed by atoms with Crippen LogP contribution < -0.4 is 0 Å². The third kappa shape index (κ3) is 7.54. The van der Waals surface area contributed by atoms with E-state index in [2.05, 4.69) is 39.0 Å². The SMILES string of the molecule is CC1CN(C(=O)CCCCSc2nnc(Cc3ccccc3)n2-c2ccccc2)CCN1C(=O)c1cc(Cl)cc(Cl)c1. The second kappa shape index (κ2) is 14.2. The highest BCUT2D eigenvalue weighted by Gasteiger charge is 2.30. The number of hydrogen-bond donors (Lipinski definition) is 0. The predicted molar refractivity (Wildman–Crippen MR) is 169 cm³/mol. The Hall–Kier alpha value is -3.33. The molecule has 0 bridgehead atoms. The Labute approximate surface area is 260 Å². The van der Waals surface area contributed by atoms with Crippen molar-refractivity contribution in [3.63, 3.8) is 0 Å². The molecule has 42 heavy (non-hydrogen) atoms. The van der Waals surface area contributed by atoms with Crippen LogP contribution >= 0.6 is 35.0 Å². The molecule has 0 saturated carbocycles. The monoisotopic (exact) mass is 621 g/mol. The average molecular weight is 623 g/mol. The summed E-state index contributed by atoms with van der Waals surface area (Å²) in [7, 11) is 0. The van der Waals surface area contributed by atoms with E-state index in [1.54, 1.807) is 34.9 Å². The Morgan fingerprint density at radius 1 is 0.905 bits per heavy atom. The first-order valence-corrected chi connectivity index (χ1v) is 15.8. The van der Waals surface area contributed by atoms with Gasteiger partial charge in [0.1, 0.15) is 5.82 Å². The fourth-order valence-electron chi connectivity index (χ4n) is 5.15. The summed E-state index contributed by atoms with van der Waals surface area (Å²) >= 11 is 13.8. The zero-order valence-corrected chi connectivity index (χ0v) is 25.8. The highest BCUT2D eigenvalue weighted by Crippen LogP contribution is 2.25. The van der Waals surface area contributed by atoms with Crippen LogP contribution in [-0.4, -0.2) is 67.8 Å². The van der Waals surface area contributed by atoms with Gasteiger partial charge in [0.05, 0.1) is 0 Å². The molecule has 10 heteroatoms. The number of halogens is 2. The lowest BCUT2D eigenvalue weighted by Crippen LogP contribution is -2.55. The van der Waals surface area contributed by atoms with E-state index in [1.807, 2.05) is 48.2 Å². The summed E-state index contributed by atoms with van der Waals surface area (Å²) in [5, 5.41) is 10.7. The van der Waals surface area contributed by atoms with Crippen LogP contribution in [0.5, 0.6) is 0 Å². The Morgan fingerprint density at radius 3 is 2.29 bits per heavy atom. The number of thioether (sulfide) groups is 1. The van der Waals surface area contributed by atoms with Crippen molar-refractivity contribution in [2.45, 2.75) is 43.8 Å². The molecule has 4 aromatic rings. The summed E-state index contributed by atoms with van der Waals surface area (Å²) in [4.78, 5) is 29.7. The molecule has 2 heterocycles. The molecule has 1 aromatic heterocycles. The van der Waals surface area contributed by atoms with Crippen LogP contribution in [0.15, 0.2) is 84.0 Å². The molecule has 7 nitrogen and oxygen atoms in total. The standard InChI is InChI=1S/C32H33Cl2N5O2S/c1-23-22-37(15-16-38(23)31(41)25-19-26(33)21-27(34)20-25)30(40)14-8-9-17-42-32-36-35-29(18-24-10-4-2-5-11-24)39(32)28-12-6-3-7-13-28/h2-7,10-13,19-21,23H,8-9,14-18,22H2,1H3. The molecule has 218 valence electrons. The fourth-order valence-corrected chi connectivity index (χ4v) is 6.65. The van der Waals surface area contributed by atoms with Crippen LogP contribution in [0.25, 0.3) is 5.69 Å². The highest BCUT2D eigenvalue weighted by atomic mass is 35.5. The van der Waals surface area contributed by atoms with Crippen molar-refractivity contribution in [3.8, 4) is 5.69 Å². The van der Waals surface area contributed by atoms with Gasteiger partial charge in [0.15, 0.2) is 5.16 Å². The van der Waals surface area contributed by atoms with Crippen LogP contribution in [-0.2, 0) is 11.2 Å². The Bertz CT molecular complexity index is 1500. The van der Waals surface area contributed by atoms with E-state index in [0.29, 0.717) is 48.1 Å². The first kappa shape index (κ1) is 30.1. The predicted octanol–water partition coefficient (Wildman–Crippen LogP) is 6.80. The van der Waals surface area contributed by atoms with Crippen LogP contribution in [0.4, 0.5) is 0 Å². The summed E-state index contributed by atoms with van der Waals surface area (Å²) < 4.78 is 2.13. The summed E-state index contributed by atoms with van der Waals surface area (Å²) in [6.45, 7) is 3.47. The van der Waals surface area contributed by atoms with E-state index in [9.17, 15) is 9.59 Å². The number of aromatic nitrogens is 3. The zero-order valence-electron chi connectivity index (χ0n) is 23.5. The summed E-state index contributed by atoms with van der Waals surface area (Å²) in [6.07, 6.45) is 2.85. The molecular formula is C32H33Cl2N5O2S. The Morgan fingerprint density at radius 2 is 1.60 bits per heavy atom. The topological polar surface area (TPSA) is 71.3 Å². The molecule has 2 amide bonds. The minimum atomic E-state index is -0.119. The number of benzene rings is 3. The molecule has 1 unspecified atom stereocenters. The van der Waals surface area contributed by atoms with E-state index >= 15 is 0 Å². The quantitative estimate of drug-likeness (QED) is 0.144. The number of carbonyl (C=O) groups excluding carboxylic acids is 2. The van der Waals surface area contributed by atoms with Gasteiger partial charge in [0, 0.05) is 65.6 Å². The third-order valence-electron chi connectivity index (χ3n) is 7.29. The van der Waals surface area contributed by atoms with Crippen molar-refractivity contribution in [1.82, 2.24) is 24.6 Å². The van der Waals surface area contributed by atoms with Crippen LogP contribution in [0.1, 0.15) is 47.9 Å². The lowest BCUT2D eigenvalue weighted by Gasteiger charge is -2.40. The molecule has 1 saturated heterocycles. The molecule has 1 aliphatic rings. The number of nitrogens with zero attached hydrogens (tertiary/aromatic N) is 5. The number of unbranched alkanes of at least 4 members (excludes halogenated alkanes) is 1. The second-order valence-corrected chi connectivity index (χ2v) is 12.3. The molecule has 1 fully saturated rings. The van der Waals surface area contributed by atoms with Gasteiger partial charge < -0.3 is 9.80 Å². The van der Waals surface area contributed by atoms with Gasteiger partial charge in [-0.25, -0.2) is 0 Å². The van der Waals surface area contributed by atoms with Crippen molar-refractivity contribution in [1.29, 1.82) is 0 Å². The van der Waals surface area contributed by atoms with Gasteiger partial charge in [0.25, 0.3) is 5.91 Å². The third-order valence-corrected chi connectivity index (χ3v) is 8.74. The number of carbonyl (C=O) groups is 2. The molecule has 0 spiro atoms. The lowest BCUT2D eigenvalue weighted by atomic mass is 10.1. The number of para-hydroxylation sites is 1. The number of rotatable bonds is 10. The number of piperazine rings is 1. The maximum Gasteiger partial charge on any atom is 0.254 e. The van der Waals surface area contributed by atoms with Crippen LogP contribution in [0.2, 0.25) is 10.0 Å². The van der Waals surface area contributed by atoms with E-state index in [0.717, 1.165) is 35.3 Å². The van der Waals surface area contributed by atoms with Gasteiger partial charge in [-0.15, -0.1) is 10.2 Å². The van der Waals surface area contributed by atoms with Gasteiger partial charge in [0.2, 0.25) is 5.91 Å². The van der Waals surface area contributed by atoms with E-state index in [-0.39, 0.29) is 17.9 Å². The Balaban J connectivity index is 1.11. The summed E-state index contributed by atoms with van der Waals surface area (Å²) in [6, 6.07) is 25.2. The molecule has 0 radical (unpaired) electrons. The van der Waals surface area contributed by atoms with Crippen molar-refractivity contribution in [2.75, 3.05) is 25.4 Å². The van der Waals surface area contributed by atoms with Gasteiger partial charge in [-0.1, -0.05) is 83.5 Å². The van der Waals surface area contributed by atoms with Gasteiger partial charge in [-0.3, -0.25) is 14.2 Å². The van der Waals surface area contributed by atoms with Crippen LogP contribution in [0.3, 0.4) is 0 Å². The number of hydrogen-bond acceptors (Lipinski definition) is 5. The Kier molecular flexibility index (Phi) is 10.2. The second-order valence-electron chi connectivity index (χ2n) is 10.4. The largest absolute Gasteiger partial charge is 0.339 e. The summed E-state index contributed by atoms with van der Waals surface area (Å²) in [5.74, 6) is 1.74. The van der Waals surface area contributed by atoms with Crippen molar-refractivity contribution in [3.05, 3.63) is 106 Å². The maximum absolute atomic E-state index is 13.1. The van der Waals surface area contributed by atoms with Gasteiger partial charge in [-0.2, -0.15) is 0 Å². The average Bonchev–Trinajstić information content (AvgIpc) is 3.38. The molecule has 0 aliphatic carbocycles. The van der Waals surface area contributed by atoms with Crippen LogP contribution in [0, 0.1) is 0 Å². The fraction of sp³-hybridized carbons (Fsp3) is 0.312. The minimum absolute atomic E-state index is 0.0991. The summed E-state index contributed by atoms with van der Waals surface area (Å²) in [5.41, 5.74) is 2.69. The zero-order chi connectivity index (χ0) is 29.5. The first-order chi connectivity index (χ1) is 20.4. The van der Waals surface area contributed by atoms with Crippen molar-refractivity contribution >= 4 is 46.8 Å². The van der Waals surface area contributed by atoms with Crippen molar-refractivity contribution in [2.24, 2.45) is 0 Å². The molecule has 5 rings (SSSR count). The van der Waals surface area contributed by atoms with E-state index in [1.165, 1.54) is 5.56 Å². The molecule has 0 N–H and O–H groups in total. The normalized spacial score (nSPS) is 15.2. The highest BCUT2D eigenvalue weighted by molar-refractivity contribution is 7.99. The van der Waals surface area contributed by atoms with Gasteiger partial charge >= 0.3 is 0 Å². The van der Waals surface area contributed by atoms with E-state index < -0.39 is 0 Å². The molecule has 1 atom stereocenters. The lowest BCUT2D eigenvalue weighted by molar-refractivity contribution is -0.133. The molecule has 3 aromatic carbocycles. The first-order valence-electron chi connectivity index (χ1n) is 14.1.